The van der Waals surface area contributed by atoms with E-state index in [1.807, 2.05) is 11.4 Å². The summed E-state index contributed by atoms with van der Waals surface area (Å²) in [6.07, 6.45) is 5.53. The lowest BCUT2D eigenvalue weighted by Gasteiger charge is -2.09. The van der Waals surface area contributed by atoms with E-state index in [4.69, 9.17) is 0 Å². The minimum Gasteiger partial charge on any atom is -0.276 e. The highest BCUT2D eigenvalue weighted by atomic mass is 32.2. The molecule has 3 aromatic rings. The van der Waals surface area contributed by atoms with Gasteiger partial charge in [0, 0.05) is 12.3 Å². The summed E-state index contributed by atoms with van der Waals surface area (Å²) in [5.74, 6) is -1.57. The Morgan fingerprint density at radius 1 is 1.19 bits per heavy atom. The van der Waals surface area contributed by atoms with Gasteiger partial charge in [-0.05, 0) is 36.4 Å². The quantitative estimate of drug-likeness (QED) is 0.658. The zero-order chi connectivity index (χ0) is 19.0. The maximum Gasteiger partial charge on any atom is 0.265 e. The lowest BCUT2D eigenvalue weighted by molar-refractivity contribution is 0.467. The van der Waals surface area contributed by atoms with Crippen molar-refractivity contribution >= 4 is 27.0 Å². The molecule has 0 amide bonds. The zero-order valence-electron chi connectivity index (χ0n) is 14.2. The predicted octanol–water partition coefficient (Wildman–Crippen LogP) is 4.81. The third-order valence-corrected chi connectivity index (χ3v) is 6.86. The lowest BCUT2D eigenvalue weighted by Crippen LogP contribution is -2.14. The van der Waals surface area contributed by atoms with Gasteiger partial charge in [-0.3, -0.25) is 9.40 Å². The molecule has 0 saturated heterocycles. The molecule has 142 valence electrons. The Morgan fingerprint density at radius 2 is 1.96 bits per heavy atom. The first-order chi connectivity index (χ1) is 12.9. The maximum atomic E-state index is 13.9. The molecule has 0 spiro atoms. The van der Waals surface area contributed by atoms with Crippen LogP contribution in [0.15, 0.2) is 46.8 Å². The van der Waals surface area contributed by atoms with E-state index >= 15 is 0 Å². The van der Waals surface area contributed by atoms with Crippen molar-refractivity contribution in [3.63, 3.8) is 0 Å². The van der Waals surface area contributed by atoms with Crippen molar-refractivity contribution in [2.24, 2.45) is 0 Å². The van der Waals surface area contributed by atoms with Crippen LogP contribution in [0.2, 0.25) is 0 Å². The first-order valence-corrected chi connectivity index (χ1v) is 10.9. The van der Waals surface area contributed by atoms with Crippen LogP contribution in [0.5, 0.6) is 0 Å². The van der Waals surface area contributed by atoms with Gasteiger partial charge in [0.2, 0.25) is 0 Å². The van der Waals surface area contributed by atoms with Crippen molar-refractivity contribution in [3.8, 4) is 10.6 Å². The first kappa shape index (κ1) is 18.1. The molecule has 1 fully saturated rings. The van der Waals surface area contributed by atoms with Crippen molar-refractivity contribution in [1.82, 2.24) is 9.78 Å². The highest BCUT2D eigenvalue weighted by molar-refractivity contribution is 7.92. The fraction of sp³-hybridized carbons (Fsp3) is 0.278. The van der Waals surface area contributed by atoms with Crippen molar-refractivity contribution in [2.75, 3.05) is 4.72 Å². The fourth-order valence-electron chi connectivity index (χ4n) is 3.29. The Bertz CT molecular complexity index is 1060. The summed E-state index contributed by atoms with van der Waals surface area (Å²) in [6.45, 7) is 0. The summed E-state index contributed by atoms with van der Waals surface area (Å²) < 4.78 is 57.1. The molecule has 1 N–H and O–H groups in total. The largest absolute Gasteiger partial charge is 0.276 e. The second-order valence-electron chi connectivity index (χ2n) is 6.47. The number of nitrogens with one attached hydrogen (secondary N) is 1. The normalized spacial score (nSPS) is 15.3. The van der Waals surface area contributed by atoms with E-state index in [1.54, 1.807) is 10.7 Å². The summed E-state index contributed by atoms with van der Waals surface area (Å²) in [6, 6.07) is 6.38. The Morgan fingerprint density at radius 3 is 2.67 bits per heavy atom. The van der Waals surface area contributed by atoms with Crippen molar-refractivity contribution in [1.29, 1.82) is 0 Å². The van der Waals surface area contributed by atoms with E-state index in [9.17, 15) is 17.2 Å². The van der Waals surface area contributed by atoms with Crippen LogP contribution in [0.3, 0.4) is 0 Å². The Labute approximate surface area is 159 Å². The number of hydrogen-bond donors (Lipinski definition) is 1. The van der Waals surface area contributed by atoms with Crippen LogP contribution in [-0.4, -0.2) is 18.2 Å². The van der Waals surface area contributed by atoms with Gasteiger partial charge >= 0.3 is 0 Å². The third-order valence-electron chi connectivity index (χ3n) is 4.61. The number of thiophene rings is 1. The average molecular weight is 409 g/mol. The molecule has 2 aromatic heterocycles. The summed E-state index contributed by atoms with van der Waals surface area (Å²) >= 11 is 1.37. The molecule has 9 heteroatoms. The van der Waals surface area contributed by atoms with E-state index in [0.29, 0.717) is 10.6 Å². The molecule has 0 radical (unpaired) electrons. The van der Waals surface area contributed by atoms with Gasteiger partial charge in [0.05, 0.1) is 16.6 Å². The Hall–Kier alpha value is -2.26. The summed E-state index contributed by atoms with van der Waals surface area (Å²) in [5.41, 5.74) is -0.109. The lowest BCUT2D eigenvalue weighted by atomic mass is 10.3. The van der Waals surface area contributed by atoms with Gasteiger partial charge in [-0.1, -0.05) is 18.9 Å². The molecule has 0 aliphatic heterocycles. The molecule has 0 bridgehead atoms. The highest BCUT2D eigenvalue weighted by Crippen LogP contribution is 2.35. The van der Waals surface area contributed by atoms with Crippen molar-refractivity contribution in [3.05, 3.63) is 53.5 Å². The smallest absolute Gasteiger partial charge is 0.265 e. The van der Waals surface area contributed by atoms with Crippen LogP contribution in [0.4, 0.5) is 14.5 Å². The van der Waals surface area contributed by atoms with Gasteiger partial charge in [0.25, 0.3) is 10.0 Å². The van der Waals surface area contributed by atoms with E-state index < -0.39 is 27.3 Å². The molecule has 1 aliphatic rings. The van der Waals surface area contributed by atoms with E-state index in [-0.39, 0.29) is 10.9 Å². The molecule has 1 aromatic carbocycles. The SMILES string of the molecule is O=S(=O)(Nc1cc(F)ccc1F)c1cn(C2CCCC2)nc1-c1cccs1. The Kier molecular flexibility index (Phi) is 4.73. The minimum absolute atomic E-state index is 0.0412. The number of nitrogens with zero attached hydrogens (tertiary/aromatic N) is 2. The van der Waals surface area contributed by atoms with Crippen LogP contribution >= 0.6 is 11.3 Å². The van der Waals surface area contributed by atoms with Gasteiger partial charge < -0.3 is 0 Å². The van der Waals surface area contributed by atoms with Crippen molar-refractivity contribution in [2.45, 2.75) is 36.6 Å². The van der Waals surface area contributed by atoms with Crippen LogP contribution in [0.1, 0.15) is 31.7 Å². The Balaban J connectivity index is 1.77. The van der Waals surface area contributed by atoms with Crippen LogP contribution in [-0.2, 0) is 10.0 Å². The minimum atomic E-state index is -4.15. The van der Waals surface area contributed by atoms with Gasteiger partial charge in [-0.15, -0.1) is 11.3 Å². The number of halogens is 2. The number of hydrogen-bond acceptors (Lipinski definition) is 4. The second kappa shape index (κ2) is 7.05. The monoisotopic (exact) mass is 409 g/mol. The van der Waals surface area contributed by atoms with Crippen LogP contribution < -0.4 is 4.72 Å². The molecule has 1 saturated carbocycles. The number of aromatic nitrogens is 2. The standard InChI is InChI=1S/C18H17F2N3O2S2/c19-12-7-8-14(20)15(10-12)22-27(24,25)17-11-23(13-4-1-2-5-13)21-18(17)16-6-3-9-26-16/h3,6-11,13,22H,1-2,4-5H2. The molecule has 27 heavy (non-hydrogen) atoms. The molecule has 0 atom stereocenters. The van der Waals surface area contributed by atoms with E-state index in [0.717, 1.165) is 43.9 Å². The number of benzene rings is 1. The van der Waals surface area contributed by atoms with Crippen LogP contribution in [0, 0.1) is 11.6 Å². The summed E-state index contributed by atoms with van der Waals surface area (Å²) in [7, 11) is -4.15. The number of anilines is 1. The maximum absolute atomic E-state index is 13.9. The average Bonchev–Trinajstić information content (AvgIpc) is 3.38. The molecule has 2 heterocycles. The second-order valence-corrected chi connectivity index (χ2v) is 9.07. The molecular weight excluding hydrogens is 392 g/mol. The van der Waals surface area contributed by atoms with E-state index in [2.05, 4.69) is 9.82 Å². The van der Waals surface area contributed by atoms with Gasteiger partial charge in [-0.2, -0.15) is 5.10 Å². The predicted molar refractivity (Wildman–Crippen MR) is 100 cm³/mol. The molecular formula is C18H17F2N3O2S2. The molecule has 0 unspecified atom stereocenters. The molecule has 5 nitrogen and oxygen atoms in total. The molecule has 1 aliphatic carbocycles. The zero-order valence-corrected chi connectivity index (χ0v) is 15.9. The van der Waals surface area contributed by atoms with Crippen LogP contribution in [0.25, 0.3) is 10.6 Å². The fourth-order valence-corrected chi connectivity index (χ4v) is 5.28. The number of rotatable bonds is 5. The number of sulfonamides is 1. The third kappa shape index (κ3) is 3.61. The van der Waals surface area contributed by atoms with Crippen molar-refractivity contribution < 1.29 is 17.2 Å². The van der Waals surface area contributed by atoms with Gasteiger partial charge in [-0.25, -0.2) is 17.2 Å². The van der Waals surface area contributed by atoms with Gasteiger partial charge in [0.15, 0.2) is 0 Å². The van der Waals surface area contributed by atoms with E-state index in [1.165, 1.54) is 17.5 Å². The first-order valence-electron chi connectivity index (χ1n) is 8.55. The summed E-state index contributed by atoms with van der Waals surface area (Å²) in [5, 5.41) is 6.36. The molecule has 4 rings (SSSR count). The summed E-state index contributed by atoms with van der Waals surface area (Å²) in [4.78, 5) is 0.660. The highest BCUT2D eigenvalue weighted by Gasteiger charge is 2.28. The van der Waals surface area contributed by atoms with Gasteiger partial charge in [0.1, 0.15) is 22.2 Å². The topological polar surface area (TPSA) is 64.0 Å².